The highest BCUT2D eigenvalue weighted by molar-refractivity contribution is 6.01. The lowest BCUT2D eigenvalue weighted by Crippen LogP contribution is -2.31. The van der Waals surface area contributed by atoms with Gasteiger partial charge in [0.25, 0.3) is 0 Å². The lowest BCUT2D eigenvalue weighted by Gasteiger charge is -2.20. The topological polar surface area (TPSA) is 12.4 Å². The summed E-state index contributed by atoms with van der Waals surface area (Å²) in [5.41, 5.74) is 2.35. The van der Waals surface area contributed by atoms with Crippen LogP contribution in [0.15, 0.2) is 48.1 Å². The Balaban J connectivity index is 3.12. The molecule has 92 valence electrons. The monoisotopic (exact) mass is 231 g/mol. The molecule has 0 unspecified atom stereocenters. The predicted octanol–water partition coefficient (Wildman–Crippen LogP) is 3.31. The Hall–Kier alpha value is -1.41. The highest BCUT2D eigenvalue weighted by Crippen LogP contribution is 2.15. The molecule has 0 heterocycles. The number of nitrogens with zero attached hydrogens (tertiary/aromatic N) is 2. The van der Waals surface area contributed by atoms with E-state index in [1.807, 2.05) is 12.1 Å². The summed E-state index contributed by atoms with van der Waals surface area (Å²) < 4.78 is 0.589. The van der Waals surface area contributed by atoms with E-state index in [0.29, 0.717) is 10.5 Å². The van der Waals surface area contributed by atoms with Gasteiger partial charge in [-0.3, -0.25) is 0 Å². The minimum atomic E-state index is 0.396. The van der Waals surface area contributed by atoms with E-state index < -0.39 is 0 Å². The van der Waals surface area contributed by atoms with Gasteiger partial charge in [0, 0.05) is 11.5 Å². The van der Waals surface area contributed by atoms with E-state index in [9.17, 15) is 0 Å². The zero-order valence-electron chi connectivity index (χ0n) is 11.4. The largest absolute Gasteiger partial charge is 0.205 e. The van der Waals surface area contributed by atoms with Gasteiger partial charge < -0.3 is 0 Å². The van der Waals surface area contributed by atoms with Crippen molar-refractivity contribution in [2.45, 2.75) is 13.3 Å². The van der Waals surface area contributed by atoms with Crippen molar-refractivity contribution in [1.82, 2.24) is 0 Å². The Morgan fingerprint density at radius 2 is 1.88 bits per heavy atom. The zero-order valence-corrected chi connectivity index (χ0v) is 11.4. The fraction of sp³-hybridized carbons (Fsp3) is 0.400. The first-order valence-corrected chi connectivity index (χ1v) is 6.02. The van der Waals surface area contributed by atoms with Gasteiger partial charge in [-0.15, -0.1) is 6.58 Å². The van der Waals surface area contributed by atoms with Crippen LogP contribution in [0.3, 0.4) is 0 Å². The molecule has 0 aliphatic heterocycles. The fourth-order valence-electron chi connectivity index (χ4n) is 1.73. The summed E-state index contributed by atoms with van der Waals surface area (Å²) in [5.74, 6) is 0.396. The van der Waals surface area contributed by atoms with Gasteiger partial charge in [0.1, 0.15) is 5.71 Å². The second-order valence-corrected chi connectivity index (χ2v) is 5.22. The molecule has 17 heavy (non-hydrogen) atoms. The van der Waals surface area contributed by atoms with Gasteiger partial charge in [-0.05, 0) is 6.42 Å². The van der Waals surface area contributed by atoms with E-state index in [-0.39, 0.29) is 0 Å². The van der Waals surface area contributed by atoms with E-state index in [4.69, 9.17) is 5.10 Å². The third kappa shape index (κ3) is 4.53. The first-order chi connectivity index (χ1) is 7.94. The summed E-state index contributed by atoms with van der Waals surface area (Å²) in [5, 5.41) is 4.80. The van der Waals surface area contributed by atoms with E-state index in [0.717, 1.165) is 12.1 Å². The molecule has 0 bridgehead atoms. The molecule has 0 aliphatic rings. The van der Waals surface area contributed by atoms with Gasteiger partial charge in [0.2, 0.25) is 0 Å². The highest BCUT2D eigenvalue weighted by Gasteiger charge is 2.17. The summed E-state index contributed by atoms with van der Waals surface area (Å²) in [7, 11) is 6.22. The van der Waals surface area contributed by atoms with E-state index in [1.54, 1.807) is 0 Å². The van der Waals surface area contributed by atoms with Crippen LogP contribution in [0.4, 0.5) is 0 Å². The van der Waals surface area contributed by atoms with Crippen LogP contribution in [0.25, 0.3) is 0 Å². The number of hydrogen-bond donors (Lipinski definition) is 0. The van der Waals surface area contributed by atoms with Crippen molar-refractivity contribution in [3.8, 4) is 0 Å². The third-order valence-corrected chi connectivity index (χ3v) is 2.46. The van der Waals surface area contributed by atoms with Gasteiger partial charge in [0.15, 0.2) is 0 Å². The van der Waals surface area contributed by atoms with E-state index >= 15 is 0 Å². The van der Waals surface area contributed by atoms with Gasteiger partial charge in [-0.1, -0.05) is 48.4 Å². The first-order valence-electron chi connectivity index (χ1n) is 6.02. The average molecular weight is 231 g/mol. The molecule has 2 heteroatoms. The molecule has 0 aliphatic carbocycles. The van der Waals surface area contributed by atoms with Gasteiger partial charge >= 0.3 is 0 Å². The summed E-state index contributed by atoms with van der Waals surface area (Å²) in [4.78, 5) is 0. The Bertz CT molecular complexity index is 385. The van der Waals surface area contributed by atoms with Crippen molar-refractivity contribution in [3.05, 3.63) is 48.6 Å². The molecule has 2 nitrogen and oxygen atoms in total. The van der Waals surface area contributed by atoms with E-state index in [1.165, 1.54) is 5.56 Å². The van der Waals surface area contributed by atoms with Crippen LogP contribution in [0.1, 0.15) is 18.9 Å². The van der Waals surface area contributed by atoms with Crippen LogP contribution < -0.4 is 0 Å². The lowest BCUT2D eigenvalue weighted by atomic mass is 9.95. The van der Waals surface area contributed by atoms with Crippen LogP contribution in [0, 0.1) is 5.92 Å². The maximum absolute atomic E-state index is 4.80. The molecule has 0 fully saturated rings. The Morgan fingerprint density at radius 3 is 2.35 bits per heavy atom. The molecule has 0 spiro atoms. The van der Waals surface area contributed by atoms with Crippen molar-refractivity contribution in [1.29, 1.82) is 0 Å². The molecular weight excluding hydrogens is 208 g/mol. The molecule has 1 aromatic rings. The Labute approximate surface area is 105 Å². The highest BCUT2D eigenvalue weighted by atomic mass is 15.6. The van der Waals surface area contributed by atoms with Crippen LogP contribution in [-0.4, -0.2) is 31.4 Å². The van der Waals surface area contributed by atoms with Crippen LogP contribution in [0.5, 0.6) is 0 Å². The summed E-state index contributed by atoms with van der Waals surface area (Å²) in [6.07, 6.45) is 2.91. The Morgan fingerprint density at radius 1 is 1.29 bits per heavy atom. The lowest BCUT2D eigenvalue weighted by molar-refractivity contribution is -0.877. The van der Waals surface area contributed by atoms with Crippen molar-refractivity contribution >= 4 is 5.71 Å². The van der Waals surface area contributed by atoms with Crippen molar-refractivity contribution < 1.29 is 4.59 Å². The van der Waals surface area contributed by atoms with Crippen molar-refractivity contribution in [2.75, 3.05) is 21.1 Å². The summed E-state index contributed by atoms with van der Waals surface area (Å²) in [6.45, 7) is 6.01. The molecule has 1 atom stereocenters. The molecule has 1 aromatic carbocycles. The number of quaternary nitrogens is 1. The standard InChI is InChI=1S/C15H23N2/c1-6-10-13(2)15(16-17(3,4)5)14-11-8-7-9-12-14/h6-9,11-13H,1,10H2,2-5H3/q+1/b16-15-/t13-/m0/s1. The van der Waals surface area contributed by atoms with Gasteiger partial charge in [0.05, 0.1) is 21.1 Å². The van der Waals surface area contributed by atoms with Gasteiger partial charge in [-0.25, -0.2) is 4.59 Å². The number of benzene rings is 1. The van der Waals surface area contributed by atoms with Crippen LogP contribution in [-0.2, 0) is 0 Å². The quantitative estimate of drug-likeness (QED) is 0.319. The molecule has 0 amide bonds. The third-order valence-electron chi connectivity index (χ3n) is 2.46. The van der Waals surface area contributed by atoms with Crippen LogP contribution in [0.2, 0.25) is 0 Å². The minimum Gasteiger partial charge on any atom is -0.205 e. The Kier molecular flexibility index (Phi) is 4.64. The van der Waals surface area contributed by atoms with Crippen molar-refractivity contribution in [2.24, 2.45) is 11.0 Å². The average Bonchev–Trinajstić information content (AvgIpc) is 2.26. The predicted molar refractivity (Wildman–Crippen MR) is 75.0 cm³/mol. The minimum absolute atomic E-state index is 0.396. The SMILES string of the molecule is C=CC[C@H](C)/C(=N/[N+](C)(C)C)c1ccccc1. The number of hydrogen-bond acceptors (Lipinski definition) is 1. The molecule has 0 radical (unpaired) electrons. The molecule has 0 N–H and O–H groups in total. The second kappa shape index (κ2) is 5.78. The van der Waals surface area contributed by atoms with Crippen LogP contribution >= 0.6 is 0 Å². The smallest absolute Gasteiger partial charge is 0.106 e. The normalized spacial score (nSPS) is 14.5. The molecular formula is C15H23N2+. The molecule has 0 saturated heterocycles. The zero-order chi connectivity index (χ0) is 12.9. The number of allylic oxidation sites excluding steroid dienone is 1. The summed E-state index contributed by atoms with van der Waals surface area (Å²) >= 11 is 0. The molecule has 1 rings (SSSR count). The van der Waals surface area contributed by atoms with Gasteiger partial charge in [-0.2, -0.15) is 0 Å². The maximum Gasteiger partial charge on any atom is 0.106 e. The first kappa shape index (κ1) is 13.7. The van der Waals surface area contributed by atoms with Crippen molar-refractivity contribution in [3.63, 3.8) is 0 Å². The van der Waals surface area contributed by atoms with E-state index in [2.05, 4.69) is 58.9 Å². The second-order valence-electron chi connectivity index (χ2n) is 5.22. The number of rotatable bonds is 5. The maximum atomic E-state index is 4.80. The summed E-state index contributed by atoms with van der Waals surface area (Å²) in [6, 6.07) is 10.4. The fourth-order valence-corrected chi connectivity index (χ4v) is 1.73. The molecule has 0 aromatic heterocycles. The molecule has 0 saturated carbocycles.